The molecule has 0 unspecified atom stereocenters. The van der Waals surface area contributed by atoms with Crippen LogP contribution in [-0.4, -0.2) is 20.3 Å². The van der Waals surface area contributed by atoms with Crippen molar-refractivity contribution in [2.75, 3.05) is 20.3 Å². The lowest BCUT2D eigenvalue weighted by molar-refractivity contribution is 0.210. The van der Waals surface area contributed by atoms with E-state index in [-0.39, 0.29) is 6.61 Å². The largest absolute Gasteiger partial charge is 0.493 e. The van der Waals surface area contributed by atoms with Crippen LogP contribution in [0, 0.1) is 11.3 Å². The molecular weight excluding hydrogens is 370 g/mol. The molecule has 0 aliphatic heterocycles. The summed E-state index contributed by atoms with van der Waals surface area (Å²) < 4.78 is 17.1. The van der Waals surface area contributed by atoms with Gasteiger partial charge in [0.2, 0.25) is 0 Å². The number of nitrogens with zero attached hydrogens (tertiary/aromatic N) is 1. The van der Waals surface area contributed by atoms with Crippen molar-refractivity contribution in [3.63, 3.8) is 0 Å². The Labute approximate surface area is 142 Å². The standard InChI is InChI=1S/C16H13BrClNO3/c1-20-14-4-2-3-5-15(14)21-6-7-22-16-11(10-19)8-12(18)9-13(16)17/h2-5,8-9H,6-7H2,1H3. The van der Waals surface area contributed by atoms with E-state index in [4.69, 9.17) is 31.1 Å². The Balaban J connectivity index is 1.96. The fourth-order valence-electron chi connectivity index (χ4n) is 1.82. The van der Waals surface area contributed by atoms with E-state index in [1.54, 1.807) is 19.2 Å². The molecule has 4 nitrogen and oxygen atoms in total. The van der Waals surface area contributed by atoms with E-state index in [0.717, 1.165) is 0 Å². The second-order valence-corrected chi connectivity index (χ2v) is 5.51. The highest BCUT2D eigenvalue weighted by molar-refractivity contribution is 9.10. The van der Waals surface area contributed by atoms with Gasteiger partial charge in [-0.15, -0.1) is 0 Å². The van der Waals surface area contributed by atoms with E-state index in [1.807, 2.05) is 24.3 Å². The van der Waals surface area contributed by atoms with Crippen LogP contribution in [0.5, 0.6) is 17.2 Å². The van der Waals surface area contributed by atoms with Gasteiger partial charge in [0.25, 0.3) is 0 Å². The molecule has 0 spiro atoms. The Morgan fingerprint density at radius 1 is 1.14 bits per heavy atom. The lowest BCUT2D eigenvalue weighted by atomic mass is 10.2. The zero-order valence-electron chi connectivity index (χ0n) is 11.8. The molecule has 0 aliphatic rings. The molecule has 114 valence electrons. The highest BCUT2D eigenvalue weighted by Gasteiger charge is 2.10. The van der Waals surface area contributed by atoms with E-state index in [0.29, 0.717) is 38.9 Å². The number of para-hydroxylation sites is 2. The summed E-state index contributed by atoms with van der Waals surface area (Å²) in [4.78, 5) is 0. The summed E-state index contributed by atoms with van der Waals surface area (Å²) in [6.45, 7) is 0.604. The van der Waals surface area contributed by atoms with Crippen molar-refractivity contribution in [3.8, 4) is 23.3 Å². The van der Waals surface area contributed by atoms with Crippen molar-refractivity contribution in [1.82, 2.24) is 0 Å². The summed E-state index contributed by atoms with van der Waals surface area (Å²) in [6, 6.07) is 12.7. The van der Waals surface area contributed by atoms with Gasteiger partial charge in [0.15, 0.2) is 17.2 Å². The van der Waals surface area contributed by atoms with Crippen molar-refractivity contribution in [2.24, 2.45) is 0 Å². The van der Waals surface area contributed by atoms with Crippen molar-refractivity contribution in [3.05, 3.63) is 51.5 Å². The van der Waals surface area contributed by atoms with Crippen LogP contribution in [0.1, 0.15) is 5.56 Å². The van der Waals surface area contributed by atoms with Crippen LogP contribution in [0.3, 0.4) is 0 Å². The third-order valence-corrected chi connectivity index (χ3v) is 3.59. The maximum Gasteiger partial charge on any atom is 0.161 e. The number of hydrogen-bond acceptors (Lipinski definition) is 4. The Morgan fingerprint density at radius 3 is 2.50 bits per heavy atom. The summed E-state index contributed by atoms with van der Waals surface area (Å²) in [6.07, 6.45) is 0. The van der Waals surface area contributed by atoms with E-state index in [1.165, 1.54) is 0 Å². The number of nitriles is 1. The van der Waals surface area contributed by atoms with Gasteiger partial charge in [0.1, 0.15) is 19.3 Å². The molecule has 2 aromatic carbocycles. The molecule has 0 radical (unpaired) electrons. The molecule has 0 fully saturated rings. The van der Waals surface area contributed by atoms with Gasteiger partial charge in [-0.05, 0) is 40.2 Å². The van der Waals surface area contributed by atoms with Gasteiger partial charge in [0, 0.05) is 5.02 Å². The summed E-state index contributed by atoms with van der Waals surface area (Å²) in [5.74, 6) is 1.76. The maximum atomic E-state index is 9.11. The molecular formula is C16H13BrClNO3. The van der Waals surface area contributed by atoms with E-state index in [9.17, 15) is 0 Å². The first-order chi connectivity index (χ1) is 10.7. The number of halogens is 2. The summed E-state index contributed by atoms with van der Waals surface area (Å²) in [5.41, 5.74) is 0.372. The Morgan fingerprint density at radius 2 is 1.82 bits per heavy atom. The molecule has 0 amide bonds. The lowest BCUT2D eigenvalue weighted by Gasteiger charge is -2.12. The lowest BCUT2D eigenvalue weighted by Crippen LogP contribution is -2.10. The average molecular weight is 383 g/mol. The third kappa shape index (κ3) is 4.06. The Kier molecular flexibility index (Phi) is 5.93. The Bertz CT molecular complexity index is 700. The maximum absolute atomic E-state index is 9.11. The van der Waals surface area contributed by atoms with Crippen molar-refractivity contribution in [2.45, 2.75) is 0 Å². The van der Waals surface area contributed by atoms with Gasteiger partial charge in [-0.3, -0.25) is 0 Å². The number of methoxy groups -OCH3 is 1. The number of ether oxygens (including phenoxy) is 3. The minimum Gasteiger partial charge on any atom is -0.493 e. The van der Waals surface area contributed by atoms with Gasteiger partial charge < -0.3 is 14.2 Å². The molecule has 0 N–H and O–H groups in total. The van der Waals surface area contributed by atoms with Gasteiger partial charge >= 0.3 is 0 Å². The molecule has 0 saturated carbocycles. The van der Waals surface area contributed by atoms with Crippen LogP contribution in [0.15, 0.2) is 40.9 Å². The normalized spacial score (nSPS) is 9.91. The number of rotatable bonds is 6. The molecule has 22 heavy (non-hydrogen) atoms. The first kappa shape index (κ1) is 16.5. The van der Waals surface area contributed by atoms with Crippen LogP contribution in [0.4, 0.5) is 0 Å². The van der Waals surface area contributed by atoms with Crippen LogP contribution in [0.2, 0.25) is 5.02 Å². The molecule has 2 aromatic rings. The second kappa shape index (κ2) is 7.92. The van der Waals surface area contributed by atoms with Gasteiger partial charge in [-0.1, -0.05) is 23.7 Å². The van der Waals surface area contributed by atoms with Gasteiger partial charge in [0.05, 0.1) is 17.1 Å². The SMILES string of the molecule is COc1ccccc1OCCOc1c(Br)cc(Cl)cc1C#N. The molecule has 2 rings (SSSR count). The monoisotopic (exact) mass is 381 g/mol. The molecule has 0 bridgehead atoms. The van der Waals surface area contributed by atoms with Crippen LogP contribution < -0.4 is 14.2 Å². The first-order valence-corrected chi connectivity index (χ1v) is 7.60. The van der Waals surface area contributed by atoms with Crippen LogP contribution in [0.25, 0.3) is 0 Å². The smallest absolute Gasteiger partial charge is 0.161 e. The number of hydrogen-bond donors (Lipinski definition) is 0. The highest BCUT2D eigenvalue weighted by atomic mass is 79.9. The van der Waals surface area contributed by atoms with E-state index >= 15 is 0 Å². The summed E-state index contributed by atoms with van der Waals surface area (Å²) in [5, 5.41) is 9.59. The van der Waals surface area contributed by atoms with Crippen molar-refractivity contribution in [1.29, 1.82) is 5.26 Å². The average Bonchev–Trinajstić information content (AvgIpc) is 2.52. The van der Waals surface area contributed by atoms with Crippen LogP contribution >= 0.6 is 27.5 Å². The van der Waals surface area contributed by atoms with Crippen molar-refractivity contribution >= 4 is 27.5 Å². The summed E-state index contributed by atoms with van der Waals surface area (Å²) >= 11 is 9.24. The fraction of sp³-hybridized carbons (Fsp3) is 0.188. The quantitative estimate of drug-likeness (QED) is 0.693. The first-order valence-electron chi connectivity index (χ1n) is 6.43. The predicted molar refractivity (Wildman–Crippen MR) is 87.9 cm³/mol. The molecule has 0 saturated heterocycles. The molecule has 0 atom stereocenters. The topological polar surface area (TPSA) is 51.5 Å². The molecule has 0 heterocycles. The molecule has 0 aromatic heterocycles. The number of benzene rings is 2. The predicted octanol–water partition coefficient (Wildman–Crippen LogP) is 4.44. The minimum atomic E-state index is 0.285. The van der Waals surface area contributed by atoms with E-state index in [2.05, 4.69) is 22.0 Å². The summed E-state index contributed by atoms with van der Waals surface area (Å²) in [7, 11) is 1.59. The zero-order chi connectivity index (χ0) is 15.9. The third-order valence-electron chi connectivity index (χ3n) is 2.79. The molecule has 0 aliphatic carbocycles. The van der Waals surface area contributed by atoms with Crippen molar-refractivity contribution < 1.29 is 14.2 Å². The second-order valence-electron chi connectivity index (χ2n) is 4.22. The highest BCUT2D eigenvalue weighted by Crippen LogP contribution is 2.32. The van der Waals surface area contributed by atoms with E-state index < -0.39 is 0 Å². The minimum absolute atomic E-state index is 0.285. The Hall–Kier alpha value is -1.90. The van der Waals surface area contributed by atoms with Gasteiger partial charge in [-0.2, -0.15) is 5.26 Å². The van der Waals surface area contributed by atoms with Crippen LogP contribution in [-0.2, 0) is 0 Å². The van der Waals surface area contributed by atoms with Gasteiger partial charge in [-0.25, -0.2) is 0 Å². The zero-order valence-corrected chi connectivity index (χ0v) is 14.1. The molecule has 6 heteroatoms. The fourth-order valence-corrected chi connectivity index (χ4v) is 2.75.